The fourth-order valence-corrected chi connectivity index (χ4v) is 0.481. The lowest BCUT2D eigenvalue weighted by Gasteiger charge is -1.79. The Bertz CT molecular complexity index is 214. The van der Waals surface area contributed by atoms with Crippen LogP contribution in [0.5, 0.6) is 0 Å². The first-order valence-corrected chi connectivity index (χ1v) is 2.26. The highest BCUT2D eigenvalue weighted by atomic mass is 16.5. The molecule has 0 atom stereocenters. The van der Waals surface area contributed by atoms with Crippen molar-refractivity contribution in [3.05, 3.63) is 22.4 Å². The first kappa shape index (κ1) is 5.65. The Hall–Kier alpha value is -1.48. The molecule has 46 valence electrons. The number of cyclic esters (lactones) is 1. The molecule has 0 aromatic carbocycles. The average Bonchev–Trinajstić information content (AvgIpc) is 2.17. The molecule has 0 amide bonds. The van der Waals surface area contributed by atoms with Gasteiger partial charge in [-0.05, 0) is 5.53 Å². The van der Waals surface area contributed by atoms with Crippen molar-refractivity contribution in [2.24, 2.45) is 5.11 Å². The highest BCUT2D eigenvalue weighted by Crippen LogP contribution is 2.12. The zero-order valence-corrected chi connectivity index (χ0v) is 4.44. The lowest BCUT2D eigenvalue weighted by Crippen LogP contribution is -1.89. The van der Waals surface area contributed by atoms with Crippen molar-refractivity contribution in [2.75, 3.05) is 0 Å². The smallest absolute Gasteiger partial charge is 0.315 e. The minimum atomic E-state index is -0.377. The van der Waals surface area contributed by atoms with Gasteiger partial charge < -0.3 is 4.74 Å². The topological polar surface area (TPSA) is 75.1 Å². The van der Waals surface area contributed by atoms with Gasteiger partial charge in [0, 0.05) is 4.91 Å². The standard InChI is InChI=1S/C4H3N3O2/c5-7-6-3-1-4(8)9-2-3/h2H,1H2. The third kappa shape index (κ3) is 1.20. The van der Waals surface area contributed by atoms with Crippen molar-refractivity contribution < 1.29 is 9.53 Å². The highest BCUT2D eigenvalue weighted by Gasteiger charge is 2.12. The molecule has 1 rings (SSSR count). The second kappa shape index (κ2) is 2.19. The van der Waals surface area contributed by atoms with Crippen LogP contribution in [0.2, 0.25) is 0 Å². The number of hydrogen-bond donors (Lipinski definition) is 0. The molecule has 0 N–H and O–H groups in total. The third-order valence-electron chi connectivity index (χ3n) is 0.825. The zero-order chi connectivity index (χ0) is 6.69. The van der Waals surface area contributed by atoms with Crippen LogP contribution in [-0.4, -0.2) is 5.97 Å². The van der Waals surface area contributed by atoms with Gasteiger partial charge >= 0.3 is 5.97 Å². The molecule has 1 aliphatic rings. The third-order valence-corrected chi connectivity index (χ3v) is 0.825. The van der Waals surface area contributed by atoms with Gasteiger partial charge in [-0.25, -0.2) is 0 Å². The van der Waals surface area contributed by atoms with Gasteiger partial charge in [0.05, 0.1) is 12.1 Å². The summed E-state index contributed by atoms with van der Waals surface area (Å²) < 4.78 is 4.35. The molecule has 5 heteroatoms. The lowest BCUT2D eigenvalue weighted by atomic mass is 10.4. The van der Waals surface area contributed by atoms with Crippen LogP contribution >= 0.6 is 0 Å². The van der Waals surface area contributed by atoms with E-state index in [1.54, 1.807) is 0 Å². The van der Waals surface area contributed by atoms with Crippen LogP contribution < -0.4 is 0 Å². The second-order valence-corrected chi connectivity index (χ2v) is 1.47. The molecule has 0 aromatic heterocycles. The average molecular weight is 125 g/mol. The van der Waals surface area contributed by atoms with E-state index in [2.05, 4.69) is 14.8 Å². The molecular formula is C4H3N3O2. The Morgan fingerprint density at radius 1 is 1.89 bits per heavy atom. The van der Waals surface area contributed by atoms with E-state index in [9.17, 15) is 4.79 Å². The molecule has 0 fully saturated rings. The summed E-state index contributed by atoms with van der Waals surface area (Å²) in [7, 11) is 0. The minimum Gasteiger partial charge on any atom is -0.434 e. The molecule has 0 radical (unpaired) electrons. The molecule has 5 nitrogen and oxygen atoms in total. The maximum absolute atomic E-state index is 10.3. The fraction of sp³-hybridized carbons (Fsp3) is 0.250. The van der Waals surface area contributed by atoms with Crippen LogP contribution in [0.1, 0.15) is 6.42 Å². The Balaban J connectivity index is 2.65. The Morgan fingerprint density at radius 3 is 3.11 bits per heavy atom. The SMILES string of the molecule is [N-]=[N+]=NC1=COC(=O)C1. The van der Waals surface area contributed by atoms with E-state index in [1.807, 2.05) is 0 Å². The van der Waals surface area contributed by atoms with Crippen molar-refractivity contribution in [2.45, 2.75) is 6.42 Å². The van der Waals surface area contributed by atoms with Gasteiger partial charge in [0.25, 0.3) is 0 Å². The second-order valence-electron chi connectivity index (χ2n) is 1.47. The van der Waals surface area contributed by atoms with Crippen molar-refractivity contribution in [3.8, 4) is 0 Å². The van der Waals surface area contributed by atoms with E-state index < -0.39 is 0 Å². The van der Waals surface area contributed by atoms with Crippen LogP contribution in [0.25, 0.3) is 10.4 Å². The van der Waals surface area contributed by atoms with Gasteiger partial charge in [-0.15, -0.1) is 0 Å². The molecule has 0 aliphatic carbocycles. The Morgan fingerprint density at radius 2 is 2.67 bits per heavy atom. The molecule has 0 saturated heterocycles. The molecule has 0 unspecified atom stereocenters. The molecule has 0 saturated carbocycles. The zero-order valence-electron chi connectivity index (χ0n) is 4.44. The molecule has 9 heavy (non-hydrogen) atoms. The van der Waals surface area contributed by atoms with Crippen molar-refractivity contribution in [3.63, 3.8) is 0 Å². The van der Waals surface area contributed by atoms with Gasteiger partial charge in [0.2, 0.25) is 0 Å². The minimum absolute atomic E-state index is 0.0874. The lowest BCUT2D eigenvalue weighted by molar-refractivity contribution is -0.135. The molecular weight excluding hydrogens is 122 g/mol. The largest absolute Gasteiger partial charge is 0.434 e. The molecule has 0 aromatic rings. The number of carbonyl (C=O) groups excluding carboxylic acids is 1. The summed E-state index contributed by atoms with van der Waals surface area (Å²) in [5.41, 5.74) is 8.20. The summed E-state index contributed by atoms with van der Waals surface area (Å²) in [4.78, 5) is 12.7. The molecule has 1 aliphatic heterocycles. The predicted octanol–water partition coefficient (Wildman–Crippen LogP) is 1.08. The van der Waals surface area contributed by atoms with Crippen LogP contribution in [0, 0.1) is 0 Å². The monoisotopic (exact) mass is 125 g/mol. The van der Waals surface area contributed by atoms with Crippen LogP contribution in [0.4, 0.5) is 0 Å². The van der Waals surface area contributed by atoms with Gasteiger partial charge in [-0.2, -0.15) is 0 Å². The summed E-state index contributed by atoms with van der Waals surface area (Å²) in [5.74, 6) is -0.377. The van der Waals surface area contributed by atoms with E-state index in [1.165, 1.54) is 0 Å². The molecule has 1 heterocycles. The first-order chi connectivity index (χ1) is 4.33. The highest BCUT2D eigenvalue weighted by molar-refractivity contribution is 5.75. The van der Waals surface area contributed by atoms with E-state index in [0.717, 1.165) is 6.26 Å². The van der Waals surface area contributed by atoms with E-state index >= 15 is 0 Å². The molecule has 0 spiro atoms. The van der Waals surface area contributed by atoms with Crippen LogP contribution in [-0.2, 0) is 9.53 Å². The number of esters is 1. The number of azide groups is 1. The summed E-state index contributed by atoms with van der Waals surface area (Å²) >= 11 is 0. The van der Waals surface area contributed by atoms with Crippen molar-refractivity contribution in [1.82, 2.24) is 0 Å². The summed E-state index contributed by atoms with van der Waals surface area (Å²) in [6, 6.07) is 0. The Labute approximate surface area is 50.5 Å². The summed E-state index contributed by atoms with van der Waals surface area (Å²) in [6.45, 7) is 0. The quantitative estimate of drug-likeness (QED) is 0.227. The van der Waals surface area contributed by atoms with Gasteiger partial charge in [-0.1, -0.05) is 5.11 Å². The van der Waals surface area contributed by atoms with Gasteiger partial charge in [0.1, 0.15) is 6.26 Å². The number of carbonyl (C=O) groups is 1. The number of rotatable bonds is 1. The van der Waals surface area contributed by atoms with E-state index in [-0.39, 0.29) is 12.4 Å². The maximum atomic E-state index is 10.3. The fourth-order valence-electron chi connectivity index (χ4n) is 0.481. The van der Waals surface area contributed by atoms with Crippen LogP contribution in [0.3, 0.4) is 0 Å². The van der Waals surface area contributed by atoms with Crippen molar-refractivity contribution >= 4 is 5.97 Å². The first-order valence-electron chi connectivity index (χ1n) is 2.26. The maximum Gasteiger partial charge on any atom is 0.315 e. The van der Waals surface area contributed by atoms with E-state index in [0.29, 0.717) is 5.70 Å². The summed E-state index contributed by atoms with van der Waals surface area (Å²) in [6.07, 6.45) is 1.24. The van der Waals surface area contributed by atoms with E-state index in [4.69, 9.17) is 5.53 Å². The van der Waals surface area contributed by atoms with Gasteiger partial charge in [0.15, 0.2) is 0 Å². The predicted molar refractivity (Wildman–Crippen MR) is 27.9 cm³/mol. The Kier molecular flexibility index (Phi) is 1.38. The number of nitrogens with zero attached hydrogens (tertiary/aromatic N) is 3. The van der Waals surface area contributed by atoms with Gasteiger partial charge in [-0.3, -0.25) is 4.79 Å². The van der Waals surface area contributed by atoms with Crippen LogP contribution in [0.15, 0.2) is 17.1 Å². The normalized spacial score (nSPS) is 16.0. The van der Waals surface area contributed by atoms with Crippen molar-refractivity contribution in [1.29, 1.82) is 0 Å². The molecule has 0 bridgehead atoms. The number of ether oxygens (including phenoxy) is 1. The number of hydrogen-bond acceptors (Lipinski definition) is 3. The summed E-state index contributed by atoms with van der Waals surface area (Å²) in [5, 5.41) is 3.17.